The minimum absolute atomic E-state index is 0.464. The summed E-state index contributed by atoms with van der Waals surface area (Å²) >= 11 is 0. The summed E-state index contributed by atoms with van der Waals surface area (Å²) < 4.78 is 11.5. The predicted molar refractivity (Wildman–Crippen MR) is 77.7 cm³/mol. The molecule has 1 N–H and O–H groups in total. The van der Waals surface area contributed by atoms with Crippen LogP contribution >= 0.6 is 0 Å². The average molecular weight is 284 g/mol. The quantitative estimate of drug-likeness (QED) is 0.940. The van der Waals surface area contributed by atoms with Crippen molar-refractivity contribution in [3.63, 3.8) is 0 Å². The molecule has 0 saturated carbocycles. The van der Waals surface area contributed by atoms with E-state index in [0.29, 0.717) is 11.5 Å². The molecule has 0 spiro atoms. The summed E-state index contributed by atoms with van der Waals surface area (Å²) in [6, 6.07) is 14.9. The molecule has 4 heteroatoms. The van der Waals surface area contributed by atoms with Crippen molar-refractivity contribution in [1.82, 2.24) is 0 Å². The van der Waals surface area contributed by atoms with Crippen molar-refractivity contribution >= 4 is 5.97 Å². The van der Waals surface area contributed by atoms with E-state index in [2.05, 4.69) is 6.92 Å². The molecule has 2 atom stereocenters. The Morgan fingerprint density at radius 1 is 1.05 bits per heavy atom. The maximum Gasteiger partial charge on any atom is 0.349 e. The van der Waals surface area contributed by atoms with Crippen LogP contribution in [-0.4, -0.2) is 17.2 Å². The number of benzene rings is 2. The number of carbonyl (C=O) groups is 1. The zero-order chi connectivity index (χ0) is 14.8. The molecule has 0 bridgehead atoms. The number of carboxylic acid groups (broad SMARTS) is 1. The van der Waals surface area contributed by atoms with E-state index in [1.54, 1.807) is 18.2 Å². The van der Waals surface area contributed by atoms with Gasteiger partial charge in [0.2, 0.25) is 6.10 Å². The number of ether oxygens (including phenoxy) is 2. The van der Waals surface area contributed by atoms with Crippen LogP contribution in [0.2, 0.25) is 0 Å². The monoisotopic (exact) mass is 284 g/mol. The van der Waals surface area contributed by atoms with Gasteiger partial charge in [0.15, 0.2) is 17.6 Å². The van der Waals surface area contributed by atoms with E-state index in [1.165, 1.54) is 5.56 Å². The van der Waals surface area contributed by atoms with Gasteiger partial charge in [0.25, 0.3) is 0 Å². The highest BCUT2D eigenvalue weighted by Gasteiger charge is 2.38. The largest absolute Gasteiger partial charge is 0.478 e. The second-order valence-electron chi connectivity index (χ2n) is 4.96. The summed E-state index contributed by atoms with van der Waals surface area (Å²) in [7, 11) is 0. The van der Waals surface area contributed by atoms with Crippen LogP contribution in [0.4, 0.5) is 0 Å². The van der Waals surface area contributed by atoms with Crippen molar-refractivity contribution < 1.29 is 19.4 Å². The van der Waals surface area contributed by atoms with Gasteiger partial charge >= 0.3 is 5.97 Å². The second kappa shape index (κ2) is 5.48. The van der Waals surface area contributed by atoms with Crippen molar-refractivity contribution in [3.8, 4) is 11.5 Å². The third kappa shape index (κ3) is 2.57. The van der Waals surface area contributed by atoms with E-state index in [1.807, 2.05) is 30.3 Å². The zero-order valence-electron chi connectivity index (χ0n) is 11.7. The molecule has 0 unspecified atom stereocenters. The standard InChI is InChI=1S/C17H16O4/c1-2-11-7-9-12(10-8-11)15-16(17(18)19)21-14-6-4-3-5-13(14)20-15/h3-10,15-16H,2H2,1H3,(H,18,19)/t15-,16+/m1/s1. The van der Waals surface area contributed by atoms with Crippen LogP contribution in [0.25, 0.3) is 0 Å². The molecule has 0 aliphatic carbocycles. The Hall–Kier alpha value is -2.49. The van der Waals surface area contributed by atoms with Gasteiger partial charge in [-0.05, 0) is 29.7 Å². The van der Waals surface area contributed by atoms with E-state index in [4.69, 9.17) is 9.47 Å². The molecule has 2 aromatic carbocycles. The third-order valence-corrected chi connectivity index (χ3v) is 3.59. The summed E-state index contributed by atoms with van der Waals surface area (Å²) in [5, 5.41) is 9.39. The van der Waals surface area contributed by atoms with Crippen LogP contribution in [0.5, 0.6) is 11.5 Å². The smallest absolute Gasteiger partial charge is 0.349 e. The molecule has 1 aliphatic heterocycles. The molecule has 2 aromatic rings. The molecule has 108 valence electrons. The molecule has 4 nitrogen and oxygen atoms in total. The van der Waals surface area contributed by atoms with Gasteiger partial charge in [0.05, 0.1) is 0 Å². The third-order valence-electron chi connectivity index (χ3n) is 3.59. The van der Waals surface area contributed by atoms with Crippen molar-refractivity contribution in [1.29, 1.82) is 0 Å². The van der Waals surface area contributed by atoms with Gasteiger partial charge in [0, 0.05) is 0 Å². The van der Waals surface area contributed by atoms with Crippen LogP contribution in [-0.2, 0) is 11.2 Å². The lowest BCUT2D eigenvalue weighted by Gasteiger charge is -2.31. The lowest BCUT2D eigenvalue weighted by atomic mass is 10.0. The molecule has 1 aliphatic rings. The van der Waals surface area contributed by atoms with Gasteiger partial charge in [-0.15, -0.1) is 0 Å². The molecule has 0 radical (unpaired) electrons. The minimum Gasteiger partial charge on any atom is -0.478 e. The number of hydrogen-bond acceptors (Lipinski definition) is 3. The molecule has 0 saturated heterocycles. The van der Waals surface area contributed by atoms with E-state index in [9.17, 15) is 9.90 Å². The Morgan fingerprint density at radius 2 is 1.67 bits per heavy atom. The van der Waals surface area contributed by atoms with Gasteiger partial charge in [-0.25, -0.2) is 4.79 Å². The first-order valence-electron chi connectivity index (χ1n) is 6.93. The number of para-hydroxylation sites is 2. The fourth-order valence-corrected chi connectivity index (χ4v) is 2.41. The van der Waals surface area contributed by atoms with Gasteiger partial charge in [0.1, 0.15) is 0 Å². The molecule has 0 amide bonds. The zero-order valence-corrected chi connectivity index (χ0v) is 11.7. The first kappa shape index (κ1) is 13.5. The number of carboxylic acids is 1. The topological polar surface area (TPSA) is 55.8 Å². The summed E-state index contributed by atoms with van der Waals surface area (Å²) in [5.74, 6) is -0.0000301. The van der Waals surface area contributed by atoms with Gasteiger partial charge in [-0.2, -0.15) is 0 Å². The summed E-state index contributed by atoms with van der Waals surface area (Å²) in [4.78, 5) is 11.5. The highest BCUT2D eigenvalue weighted by molar-refractivity contribution is 5.74. The lowest BCUT2D eigenvalue weighted by molar-refractivity contribution is -0.151. The first-order valence-corrected chi connectivity index (χ1v) is 6.93. The molecule has 21 heavy (non-hydrogen) atoms. The minimum atomic E-state index is -1.05. The molecular formula is C17H16O4. The Kier molecular flexibility index (Phi) is 3.52. The summed E-state index contributed by atoms with van der Waals surface area (Å²) in [6.45, 7) is 2.07. The summed E-state index contributed by atoms with van der Waals surface area (Å²) in [5.41, 5.74) is 2.00. The van der Waals surface area contributed by atoms with Gasteiger partial charge < -0.3 is 14.6 Å². The first-order chi connectivity index (χ1) is 10.2. The Balaban J connectivity index is 1.96. The molecule has 0 aromatic heterocycles. The van der Waals surface area contributed by atoms with Gasteiger partial charge in [-0.3, -0.25) is 0 Å². The maximum absolute atomic E-state index is 11.5. The van der Waals surface area contributed by atoms with Crippen molar-refractivity contribution in [3.05, 3.63) is 59.7 Å². The van der Waals surface area contributed by atoms with Crippen LogP contribution in [0.15, 0.2) is 48.5 Å². The number of hydrogen-bond donors (Lipinski definition) is 1. The van der Waals surface area contributed by atoms with Crippen molar-refractivity contribution in [2.24, 2.45) is 0 Å². The van der Waals surface area contributed by atoms with E-state index in [-0.39, 0.29) is 0 Å². The molecule has 1 heterocycles. The number of aliphatic carboxylic acids is 1. The number of fused-ring (bicyclic) bond motifs is 1. The number of aryl methyl sites for hydroxylation is 1. The van der Waals surface area contributed by atoms with Crippen molar-refractivity contribution in [2.75, 3.05) is 0 Å². The Morgan fingerprint density at radius 3 is 2.24 bits per heavy atom. The van der Waals surface area contributed by atoms with E-state index in [0.717, 1.165) is 12.0 Å². The molecular weight excluding hydrogens is 268 g/mol. The van der Waals surface area contributed by atoms with E-state index >= 15 is 0 Å². The van der Waals surface area contributed by atoms with Gasteiger partial charge in [-0.1, -0.05) is 43.3 Å². The second-order valence-corrected chi connectivity index (χ2v) is 4.96. The summed E-state index contributed by atoms with van der Waals surface area (Å²) in [6.07, 6.45) is -0.760. The highest BCUT2D eigenvalue weighted by Crippen LogP contribution is 2.39. The predicted octanol–water partition coefficient (Wildman–Crippen LogP) is 3.21. The van der Waals surface area contributed by atoms with Crippen LogP contribution in [0.3, 0.4) is 0 Å². The van der Waals surface area contributed by atoms with Crippen LogP contribution < -0.4 is 9.47 Å². The normalized spacial score (nSPS) is 20.0. The Labute approximate surface area is 122 Å². The maximum atomic E-state index is 11.5. The number of rotatable bonds is 3. The fourth-order valence-electron chi connectivity index (χ4n) is 2.41. The van der Waals surface area contributed by atoms with Crippen LogP contribution in [0.1, 0.15) is 24.2 Å². The van der Waals surface area contributed by atoms with E-state index < -0.39 is 18.2 Å². The molecule has 3 rings (SSSR count). The SMILES string of the molecule is CCc1ccc([C@H]2Oc3ccccc3O[C@@H]2C(=O)O)cc1. The van der Waals surface area contributed by atoms with Crippen LogP contribution in [0, 0.1) is 0 Å². The highest BCUT2D eigenvalue weighted by atomic mass is 16.6. The fraction of sp³-hybridized carbons (Fsp3) is 0.235. The Bertz CT molecular complexity index is 648. The van der Waals surface area contributed by atoms with Crippen molar-refractivity contribution in [2.45, 2.75) is 25.6 Å². The lowest BCUT2D eigenvalue weighted by Crippen LogP contribution is -2.39. The average Bonchev–Trinajstić information content (AvgIpc) is 2.53. The molecule has 0 fully saturated rings.